The zero-order valence-corrected chi connectivity index (χ0v) is 18.7. The maximum Gasteiger partial charge on any atom is 0.233 e. The summed E-state index contributed by atoms with van der Waals surface area (Å²) < 4.78 is 2.49. The van der Waals surface area contributed by atoms with Gasteiger partial charge < -0.3 is 10.7 Å². The van der Waals surface area contributed by atoms with Crippen LogP contribution in [0.3, 0.4) is 0 Å². The Morgan fingerprint density at radius 2 is 2.07 bits per heavy atom. The summed E-state index contributed by atoms with van der Waals surface area (Å²) in [5, 5.41) is 10.2. The highest BCUT2D eigenvalue weighted by atomic mass is 35.5. The van der Waals surface area contributed by atoms with Crippen molar-refractivity contribution in [1.82, 2.24) is 24.8 Å². The molecule has 4 aromatic rings. The van der Waals surface area contributed by atoms with Gasteiger partial charge in [-0.05, 0) is 31.2 Å². The van der Waals surface area contributed by atoms with E-state index >= 15 is 0 Å². The Hall–Kier alpha value is -2.62. The molecule has 0 fully saturated rings. The van der Waals surface area contributed by atoms with E-state index in [1.807, 2.05) is 43.3 Å². The number of hydrogen-bond donors (Lipinski definition) is 1. The first-order chi connectivity index (χ1) is 14.4. The van der Waals surface area contributed by atoms with Crippen LogP contribution in [0, 0.1) is 0 Å². The van der Waals surface area contributed by atoms with Crippen LogP contribution >= 0.6 is 34.7 Å². The van der Waals surface area contributed by atoms with Crippen molar-refractivity contribution in [3.8, 4) is 11.4 Å². The molecule has 0 aliphatic carbocycles. The highest BCUT2D eigenvalue weighted by Gasteiger charge is 2.22. The van der Waals surface area contributed by atoms with Crippen LogP contribution in [0.15, 0.2) is 53.7 Å². The number of hydrogen-bond acceptors (Lipinski definition) is 7. The van der Waals surface area contributed by atoms with E-state index in [1.165, 1.54) is 16.4 Å². The summed E-state index contributed by atoms with van der Waals surface area (Å²) in [5.41, 5.74) is 1.71. The Kier molecular flexibility index (Phi) is 5.94. The number of nitrogens with zero attached hydrogens (tertiary/aromatic N) is 5. The molecule has 0 unspecified atom stereocenters. The maximum absolute atomic E-state index is 12.7. The molecule has 7 nitrogen and oxygen atoms in total. The van der Waals surface area contributed by atoms with E-state index in [0.717, 1.165) is 20.8 Å². The molecule has 0 radical (unpaired) electrons. The van der Waals surface area contributed by atoms with Gasteiger partial charge >= 0.3 is 0 Å². The number of thioether (sulfide) groups is 1. The fourth-order valence-electron chi connectivity index (χ4n) is 2.88. The van der Waals surface area contributed by atoms with E-state index in [-0.39, 0.29) is 17.7 Å². The van der Waals surface area contributed by atoms with Gasteiger partial charge in [0.2, 0.25) is 11.1 Å². The number of fused-ring (bicyclic) bond motifs is 1. The van der Waals surface area contributed by atoms with Gasteiger partial charge in [-0.3, -0.25) is 4.79 Å². The fraction of sp³-hybridized carbons (Fsp3) is 0.200. The lowest BCUT2D eigenvalue weighted by atomic mass is 10.2. The van der Waals surface area contributed by atoms with Gasteiger partial charge in [-0.15, -0.1) is 21.5 Å². The summed E-state index contributed by atoms with van der Waals surface area (Å²) in [6.07, 6.45) is 0. The number of rotatable bonds is 6. The lowest BCUT2D eigenvalue weighted by Crippen LogP contribution is -2.31. The van der Waals surface area contributed by atoms with E-state index in [2.05, 4.69) is 15.2 Å². The van der Waals surface area contributed by atoms with Crippen molar-refractivity contribution in [3.63, 3.8) is 0 Å². The van der Waals surface area contributed by atoms with E-state index in [0.29, 0.717) is 16.0 Å². The van der Waals surface area contributed by atoms with Crippen molar-refractivity contribution in [3.05, 3.63) is 58.6 Å². The topological polar surface area (TPSA) is 89.9 Å². The van der Waals surface area contributed by atoms with Crippen LogP contribution in [0.4, 0.5) is 0 Å². The molecule has 0 bridgehead atoms. The number of nitrogens with two attached hydrogens (primary N) is 1. The zero-order valence-electron chi connectivity index (χ0n) is 16.3. The minimum Gasteiger partial charge on any atom is -0.336 e. The highest BCUT2D eigenvalue weighted by Crippen LogP contribution is 2.30. The van der Waals surface area contributed by atoms with E-state index in [1.54, 1.807) is 35.4 Å². The molecule has 30 heavy (non-hydrogen) atoms. The second-order valence-corrected chi connectivity index (χ2v) is 9.12. The van der Waals surface area contributed by atoms with Crippen LogP contribution in [0.1, 0.15) is 18.0 Å². The predicted molar refractivity (Wildman–Crippen MR) is 122 cm³/mol. The van der Waals surface area contributed by atoms with Gasteiger partial charge in [0.1, 0.15) is 5.01 Å². The third-order valence-electron chi connectivity index (χ3n) is 4.71. The number of carbonyl (C=O) groups is 1. The third kappa shape index (κ3) is 4.14. The smallest absolute Gasteiger partial charge is 0.233 e. The summed E-state index contributed by atoms with van der Waals surface area (Å²) in [5.74, 6) is 6.77. The Bertz CT molecular complexity index is 1170. The molecule has 154 valence electrons. The summed E-state index contributed by atoms with van der Waals surface area (Å²) >= 11 is 8.88. The summed E-state index contributed by atoms with van der Waals surface area (Å²) in [6, 6.07) is 15.0. The lowest BCUT2D eigenvalue weighted by molar-refractivity contribution is -0.128. The molecule has 0 saturated carbocycles. The molecule has 2 N–H and O–H groups in total. The average molecular weight is 459 g/mol. The lowest BCUT2D eigenvalue weighted by Gasteiger charge is -2.23. The Morgan fingerprint density at radius 3 is 2.83 bits per heavy atom. The number of benzene rings is 2. The molecule has 4 rings (SSSR count). The monoisotopic (exact) mass is 458 g/mol. The normalized spacial score (nSPS) is 12.2. The molecule has 10 heteroatoms. The minimum atomic E-state index is -0.131. The van der Waals surface area contributed by atoms with Crippen molar-refractivity contribution in [2.45, 2.75) is 18.1 Å². The number of halogens is 1. The number of amides is 1. The largest absolute Gasteiger partial charge is 0.336 e. The van der Waals surface area contributed by atoms with E-state index in [4.69, 9.17) is 17.4 Å². The van der Waals surface area contributed by atoms with Crippen LogP contribution in [0.25, 0.3) is 21.6 Å². The molecule has 1 amide bonds. The maximum atomic E-state index is 12.7. The molecule has 0 spiro atoms. The molecule has 2 aromatic heterocycles. The predicted octanol–water partition coefficient (Wildman–Crippen LogP) is 4.23. The highest BCUT2D eigenvalue weighted by molar-refractivity contribution is 7.99. The van der Waals surface area contributed by atoms with E-state index < -0.39 is 0 Å². The molecular formula is C20H19ClN6OS2. The first-order valence-corrected chi connectivity index (χ1v) is 11.3. The van der Waals surface area contributed by atoms with E-state index in [9.17, 15) is 4.79 Å². The number of nitrogen functional groups attached to an aromatic ring is 1. The Morgan fingerprint density at radius 1 is 1.27 bits per heavy atom. The Labute approximate surface area is 186 Å². The second-order valence-electron chi connectivity index (χ2n) is 6.68. The van der Waals surface area contributed by atoms with Gasteiger partial charge in [0.05, 0.1) is 22.0 Å². The Balaban J connectivity index is 1.43. The number of para-hydroxylation sites is 1. The van der Waals surface area contributed by atoms with Gasteiger partial charge in [-0.2, -0.15) is 0 Å². The van der Waals surface area contributed by atoms with Crippen molar-refractivity contribution in [2.24, 2.45) is 0 Å². The van der Waals surface area contributed by atoms with Crippen LogP contribution < -0.4 is 5.84 Å². The summed E-state index contributed by atoms with van der Waals surface area (Å²) in [7, 11) is 1.78. The van der Waals surface area contributed by atoms with Crippen LogP contribution in [-0.2, 0) is 4.79 Å². The van der Waals surface area contributed by atoms with Crippen molar-refractivity contribution in [2.75, 3.05) is 18.6 Å². The number of aromatic nitrogens is 4. The van der Waals surface area contributed by atoms with Gasteiger partial charge in [0.25, 0.3) is 0 Å². The summed E-state index contributed by atoms with van der Waals surface area (Å²) in [6.45, 7) is 1.98. The van der Waals surface area contributed by atoms with Crippen molar-refractivity contribution >= 4 is 50.8 Å². The van der Waals surface area contributed by atoms with Crippen LogP contribution in [0.2, 0.25) is 5.02 Å². The van der Waals surface area contributed by atoms with Crippen molar-refractivity contribution < 1.29 is 4.79 Å². The van der Waals surface area contributed by atoms with Gasteiger partial charge in [-0.25, -0.2) is 9.66 Å². The standard InChI is InChI=1S/C20H19ClN6OS2/c1-12(19-23-15-8-3-4-9-16(15)30-19)26(2)17(28)11-29-20-25-24-18(27(20)22)13-6-5-7-14(21)10-13/h3-10,12H,11,22H2,1-2H3/t12-/m0/s1. The minimum absolute atomic E-state index is 0.0425. The van der Waals surface area contributed by atoms with Crippen molar-refractivity contribution in [1.29, 1.82) is 0 Å². The van der Waals surface area contributed by atoms with Crippen LogP contribution in [0.5, 0.6) is 0 Å². The number of thiazole rings is 1. The second kappa shape index (κ2) is 8.63. The quantitative estimate of drug-likeness (QED) is 0.343. The van der Waals surface area contributed by atoms with Gasteiger partial charge in [0, 0.05) is 17.6 Å². The molecule has 2 aromatic carbocycles. The fourth-order valence-corrected chi connectivity index (χ4v) is 4.91. The molecule has 2 heterocycles. The van der Waals surface area contributed by atoms with Gasteiger partial charge in [-0.1, -0.05) is 47.6 Å². The molecule has 1 atom stereocenters. The average Bonchev–Trinajstić information content (AvgIpc) is 3.34. The van der Waals surface area contributed by atoms with Gasteiger partial charge in [0.15, 0.2) is 5.82 Å². The van der Waals surface area contributed by atoms with Crippen LogP contribution in [-0.4, -0.2) is 43.5 Å². The first-order valence-electron chi connectivity index (χ1n) is 9.14. The zero-order chi connectivity index (χ0) is 21.3. The first kappa shape index (κ1) is 20.6. The molecule has 0 saturated heterocycles. The summed E-state index contributed by atoms with van der Waals surface area (Å²) in [4.78, 5) is 19.1. The molecule has 0 aliphatic rings. The number of carbonyl (C=O) groups excluding carboxylic acids is 1. The molecule has 0 aliphatic heterocycles. The third-order valence-corrected chi connectivity index (χ3v) is 7.08. The SMILES string of the molecule is C[C@@H](c1nc2ccccc2s1)N(C)C(=O)CSc1nnc(-c2cccc(Cl)c2)n1N. The molecular weight excluding hydrogens is 440 g/mol.